The minimum absolute atomic E-state index is 1.02. The first kappa shape index (κ1) is 12.5. The summed E-state index contributed by atoms with van der Waals surface area (Å²) < 4.78 is 0. The van der Waals surface area contributed by atoms with E-state index in [2.05, 4.69) is 13.0 Å². The van der Waals surface area contributed by atoms with Crippen molar-refractivity contribution in [1.82, 2.24) is 0 Å². The van der Waals surface area contributed by atoms with Crippen molar-refractivity contribution < 1.29 is 0 Å². The van der Waals surface area contributed by atoms with Crippen LogP contribution in [0.15, 0.2) is 11.6 Å². The molecule has 0 heteroatoms. The summed E-state index contributed by atoms with van der Waals surface area (Å²) in [5.41, 5.74) is 1.90. The highest BCUT2D eigenvalue weighted by atomic mass is 14.5. The zero-order chi connectivity index (χ0) is 12.8. The van der Waals surface area contributed by atoms with Crippen LogP contribution < -0.4 is 0 Å². The fourth-order valence-electron chi connectivity index (χ4n) is 6.32. The van der Waals surface area contributed by atoms with E-state index in [4.69, 9.17) is 0 Å². The van der Waals surface area contributed by atoms with Crippen LogP contribution >= 0.6 is 0 Å². The van der Waals surface area contributed by atoms with Crippen LogP contribution in [0.5, 0.6) is 0 Å². The van der Waals surface area contributed by atoms with Crippen molar-refractivity contribution in [2.75, 3.05) is 0 Å². The van der Waals surface area contributed by atoms with Gasteiger partial charge in [-0.3, -0.25) is 0 Å². The molecule has 0 aliphatic heterocycles. The summed E-state index contributed by atoms with van der Waals surface area (Å²) in [6.07, 6.45) is 17.9. The lowest BCUT2D eigenvalue weighted by Crippen LogP contribution is -2.40. The highest BCUT2D eigenvalue weighted by molar-refractivity contribution is 5.18. The van der Waals surface area contributed by atoms with Gasteiger partial charge in [0.25, 0.3) is 0 Å². The van der Waals surface area contributed by atoms with Gasteiger partial charge in [0.15, 0.2) is 0 Å². The molecule has 0 radical (unpaired) electrons. The van der Waals surface area contributed by atoms with Crippen LogP contribution in [0.4, 0.5) is 0 Å². The molecule has 106 valence electrons. The molecular formula is C19H30. The maximum Gasteiger partial charge on any atom is -0.0172 e. The molecule has 0 spiro atoms. The van der Waals surface area contributed by atoms with Gasteiger partial charge in [-0.25, -0.2) is 0 Å². The molecule has 0 aromatic rings. The van der Waals surface area contributed by atoms with Crippen molar-refractivity contribution in [2.45, 2.75) is 71.1 Å². The average molecular weight is 258 g/mol. The first-order valence-electron chi connectivity index (χ1n) is 9.05. The summed E-state index contributed by atoms with van der Waals surface area (Å²) in [5, 5.41) is 0. The molecule has 0 nitrogen and oxygen atoms in total. The van der Waals surface area contributed by atoms with Crippen molar-refractivity contribution in [3.63, 3.8) is 0 Å². The predicted molar refractivity (Wildman–Crippen MR) is 80.9 cm³/mol. The molecule has 6 atom stereocenters. The maximum atomic E-state index is 2.72. The molecule has 3 fully saturated rings. The highest BCUT2D eigenvalue weighted by Crippen LogP contribution is 2.56. The van der Waals surface area contributed by atoms with Crippen molar-refractivity contribution in [3.8, 4) is 0 Å². The van der Waals surface area contributed by atoms with Crippen LogP contribution in [0.25, 0.3) is 0 Å². The van der Waals surface area contributed by atoms with Crippen LogP contribution in [0, 0.1) is 35.5 Å². The molecule has 6 unspecified atom stereocenters. The lowest BCUT2D eigenvalue weighted by atomic mass is 9.56. The van der Waals surface area contributed by atoms with E-state index in [1.54, 1.807) is 25.7 Å². The standard InChI is InChI=1S/C19H30/c1-2-13-6-9-17-15(12-13)8-11-18-16-5-3-4-14(16)7-10-19(17)18/h8,13-14,16-19H,2-7,9-12H2,1H3. The van der Waals surface area contributed by atoms with Crippen LogP contribution in [0.2, 0.25) is 0 Å². The third kappa shape index (κ3) is 2.01. The van der Waals surface area contributed by atoms with E-state index < -0.39 is 0 Å². The van der Waals surface area contributed by atoms with Gasteiger partial charge in [-0.1, -0.05) is 37.8 Å². The molecular weight excluding hydrogens is 228 g/mol. The molecule has 0 amide bonds. The van der Waals surface area contributed by atoms with Gasteiger partial charge < -0.3 is 0 Å². The first-order valence-corrected chi connectivity index (χ1v) is 9.05. The molecule has 0 aromatic heterocycles. The van der Waals surface area contributed by atoms with Crippen molar-refractivity contribution in [3.05, 3.63) is 11.6 Å². The number of hydrogen-bond donors (Lipinski definition) is 0. The van der Waals surface area contributed by atoms with E-state index in [-0.39, 0.29) is 0 Å². The van der Waals surface area contributed by atoms with Gasteiger partial charge in [0, 0.05) is 0 Å². The van der Waals surface area contributed by atoms with Crippen LogP contribution in [0.1, 0.15) is 71.1 Å². The third-order valence-corrected chi connectivity index (χ3v) is 7.32. The Labute approximate surface area is 119 Å². The number of allylic oxidation sites excluding steroid dienone is 2. The molecule has 19 heavy (non-hydrogen) atoms. The van der Waals surface area contributed by atoms with E-state index in [0.717, 1.165) is 35.5 Å². The molecule has 4 rings (SSSR count). The van der Waals surface area contributed by atoms with E-state index in [9.17, 15) is 0 Å². The zero-order valence-corrected chi connectivity index (χ0v) is 12.6. The van der Waals surface area contributed by atoms with Crippen LogP contribution in [-0.4, -0.2) is 0 Å². The lowest BCUT2D eigenvalue weighted by molar-refractivity contribution is 0.0586. The first-order chi connectivity index (χ1) is 9.36. The molecule has 0 saturated heterocycles. The SMILES string of the molecule is CCC1CCC2C(=CCC3C4CCCC4CCC23)C1. The van der Waals surface area contributed by atoms with Gasteiger partial charge >= 0.3 is 0 Å². The van der Waals surface area contributed by atoms with E-state index in [1.165, 1.54) is 38.5 Å². The Kier molecular flexibility index (Phi) is 3.24. The van der Waals surface area contributed by atoms with E-state index in [1.807, 2.05) is 5.57 Å². The van der Waals surface area contributed by atoms with Crippen LogP contribution in [-0.2, 0) is 0 Å². The number of fused-ring (bicyclic) bond motifs is 5. The maximum absolute atomic E-state index is 2.72. The van der Waals surface area contributed by atoms with Gasteiger partial charge in [-0.15, -0.1) is 0 Å². The lowest BCUT2D eigenvalue weighted by Gasteiger charge is -2.49. The van der Waals surface area contributed by atoms with Gasteiger partial charge in [0.2, 0.25) is 0 Å². The molecule has 4 aliphatic rings. The van der Waals surface area contributed by atoms with Crippen molar-refractivity contribution in [1.29, 1.82) is 0 Å². The van der Waals surface area contributed by atoms with E-state index >= 15 is 0 Å². The van der Waals surface area contributed by atoms with Gasteiger partial charge in [-0.2, -0.15) is 0 Å². The summed E-state index contributed by atoms with van der Waals surface area (Å²) in [5.74, 6) is 6.47. The Hall–Kier alpha value is -0.260. The Morgan fingerprint density at radius 3 is 2.79 bits per heavy atom. The highest BCUT2D eigenvalue weighted by Gasteiger charge is 2.46. The molecule has 0 N–H and O–H groups in total. The molecule has 3 saturated carbocycles. The predicted octanol–water partition coefficient (Wildman–Crippen LogP) is 5.59. The summed E-state index contributed by atoms with van der Waals surface area (Å²) >= 11 is 0. The quantitative estimate of drug-likeness (QED) is 0.538. The van der Waals surface area contributed by atoms with Gasteiger partial charge in [0.1, 0.15) is 0 Å². The second-order valence-electron chi connectivity index (χ2n) is 7.94. The molecule has 4 aliphatic carbocycles. The Morgan fingerprint density at radius 1 is 0.947 bits per heavy atom. The third-order valence-electron chi connectivity index (χ3n) is 7.32. The average Bonchev–Trinajstić information content (AvgIpc) is 2.94. The Morgan fingerprint density at radius 2 is 1.89 bits per heavy atom. The van der Waals surface area contributed by atoms with Crippen molar-refractivity contribution >= 4 is 0 Å². The van der Waals surface area contributed by atoms with E-state index in [0.29, 0.717) is 0 Å². The zero-order valence-electron chi connectivity index (χ0n) is 12.6. The minimum Gasteiger partial charge on any atom is -0.0847 e. The summed E-state index contributed by atoms with van der Waals surface area (Å²) in [4.78, 5) is 0. The summed E-state index contributed by atoms with van der Waals surface area (Å²) in [6, 6.07) is 0. The number of rotatable bonds is 1. The second kappa shape index (κ2) is 4.93. The van der Waals surface area contributed by atoms with Crippen LogP contribution in [0.3, 0.4) is 0 Å². The Balaban J connectivity index is 1.56. The fraction of sp³-hybridized carbons (Fsp3) is 0.895. The smallest absolute Gasteiger partial charge is 0.0172 e. The summed E-state index contributed by atoms with van der Waals surface area (Å²) in [6.45, 7) is 2.39. The molecule has 0 aromatic carbocycles. The summed E-state index contributed by atoms with van der Waals surface area (Å²) in [7, 11) is 0. The van der Waals surface area contributed by atoms with Crippen molar-refractivity contribution in [2.24, 2.45) is 35.5 Å². The van der Waals surface area contributed by atoms with Gasteiger partial charge in [-0.05, 0) is 80.5 Å². The normalized spacial score (nSPS) is 49.0. The monoisotopic (exact) mass is 258 g/mol. The molecule has 0 bridgehead atoms. The number of hydrogen-bond acceptors (Lipinski definition) is 0. The largest absolute Gasteiger partial charge is 0.0847 e. The molecule has 0 heterocycles. The fourth-order valence-corrected chi connectivity index (χ4v) is 6.32. The van der Waals surface area contributed by atoms with Gasteiger partial charge in [0.05, 0.1) is 0 Å². The second-order valence-corrected chi connectivity index (χ2v) is 7.94. The Bertz CT molecular complexity index is 366. The minimum atomic E-state index is 1.02. The topological polar surface area (TPSA) is 0 Å².